The number of aryl methyl sites for hydroxylation is 1. The molecule has 2 aromatic rings. The van der Waals surface area contributed by atoms with Crippen LogP contribution in [0.5, 0.6) is 0 Å². The van der Waals surface area contributed by atoms with E-state index < -0.39 is 4.92 Å². The molecule has 0 aliphatic rings. The van der Waals surface area contributed by atoms with Crippen molar-refractivity contribution in [2.75, 3.05) is 0 Å². The van der Waals surface area contributed by atoms with Gasteiger partial charge in [-0.25, -0.2) is 0 Å². The maximum absolute atomic E-state index is 12.2. The summed E-state index contributed by atoms with van der Waals surface area (Å²) in [6.07, 6.45) is 0.212. The van der Waals surface area contributed by atoms with Crippen LogP contribution in [0, 0.1) is 17.0 Å². The second-order valence-electron chi connectivity index (χ2n) is 3.91. The number of rotatable bonds is 4. The average molecular weight is 261 g/mol. The lowest BCUT2D eigenvalue weighted by Gasteiger charge is -2.04. The number of carbonyl (C=O) groups is 1. The molecule has 0 fully saturated rings. The molecule has 0 N–H and O–H groups in total. The molecule has 0 saturated carbocycles. The Hall–Kier alpha value is -2.01. The van der Waals surface area contributed by atoms with Gasteiger partial charge in [0.1, 0.15) is 0 Å². The zero-order valence-corrected chi connectivity index (χ0v) is 10.6. The highest BCUT2D eigenvalue weighted by Gasteiger charge is 2.22. The third-order valence-corrected chi connectivity index (χ3v) is 3.52. The number of thiophene rings is 1. The van der Waals surface area contributed by atoms with Crippen molar-refractivity contribution in [3.63, 3.8) is 0 Å². The van der Waals surface area contributed by atoms with E-state index in [1.165, 1.54) is 17.4 Å². The van der Waals surface area contributed by atoms with Gasteiger partial charge in [0.2, 0.25) is 0 Å². The van der Waals surface area contributed by atoms with Crippen LogP contribution in [0.15, 0.2) is 35.7 Å². The molecule has 0 unspecified atom stereocenters. The van der Waals surface area contributed by atoms with Crippen molar-refractivity contribution in [1.82, 2.24) is 0 Å². The zero-order valence-electron chi connectivity index (χ0n) is 9.75. The van der Waals surface area contributed by atoms with Gasteiger partial charge in [0, 0.05) is 17.4 Å². The van der Waals surface area contributed by atoms with Gasteiger partial charge in [-0.1, -0.05) is 18.2 Å². The molecular weight excluding hydrogens is 250 g/mol. The number of benzene rings is 1. The Bertz CT molecular complexity index is 590. The standard InChI is InChI=1S/C13H11NO3S/c1-9-4-2-6-11(14(16)17)13(9)12(15)8-10-5-3-7-18-10/h2-7H,8H2,1H3. The van der Waals surface area contributed by atoms with E-state index in [0.29, 0.717) is 5.56 Å². The van der Waals surface area contributed by atoms with Gasteiger partial charge in [-0.3, -0.25) is 14.9 Å². The fraction of sp³-hybridized carbons (Fsp3) is 0.154. The number of carbonyl (C=O) groups excluding carboxylic acids is 1. The summed E-state index contributed by atoms with van der Waals surface area (Å²) in [5.41, 5.74) is 0.748. The summed E-state index contributed by atoms with van der Waals surface area (Å²) in [7, 11) is 0. The largest absolute Gasteiger partial charge is 0.293 e. The summed E-state index contributed by atoms with van der Waals surface area (Å²) in [5, 5.41) is 12.8. The first-order valence-corrected chi connectivity index (χ1v) is 6.27. The molecule has 0 aliphatic heterocycles. The van der Waals surface area contributed by atoms with Crippen LogP contribution in [-0.4, -0.2) is 10.7 Å². The van der Waals surface area contributed by atoms with E-state index in [-0.39, 0.29) is 23.5 Å². The molecule has 1 heterocycles. The molecule has 0 amide bonds. The number of hydrogen-bond acceptors (Lipinski definition) is 4. The minimum atomic E-state index is -0.505. The highest BCUT2D eigenvalue weighted by atomic mass is 32.1. The van der Waals surface area contributed by atoms with E-state index in [4.69, 9.17) is 0 Å². The van der Waals surface area contributed by atoms with E-state index >= 15 is 0 Å². The molecule has 1 aromatic carbocycles. The Morgan fingerprint density at radius 2 is 2.11 bits per heavy atom. The predicted octanol–water partition coefficient (Wildman–Crippen LogP) is 3.39. The highest BCUT2D eigenvalue weighted by Crippen LogP contribution is 2.24. The van der Waals surface area contributed by atoms with Crippen molar-refractivity contribution in [3.05, 3.63) is 61.8 Å². The van der Waals surface area contributed by atoms with Crippen molar-refractivity contribution in [3.8, 4) is 0 Å². The second-order valence-corrected chi connectivity index (χ2v) is 4.94. The highest BCUT2D eigenvalue weighted by molar-refractivity contribution is 7.10. The normalized spacial score (nSPS) is 10.3. The zero-order chi connectivity index (χ0) is 13.1. The topological polar surface area (TPSA) is 60.2 Å². The molecule has 4 nitrogen and oxygen atoms in total. The van der Waals surface area contributed by atoms with Crippen LogP contribution in [0.3, 0.4) is 0 Å². The van der Waals surface area contributed by atoms with Crippen molar-refractivity contribution in [2.45, 2.75) is 13.3 Å². The molecular formula is C13H11NO3S. The summed E-state index contributed by atoms with van der Waals surface area (Å²) < 4.78 is 0. The molecule has 0 aliphatic carbocycles. The summed E-state index contributed by atoms with van der Waals surface area (Å²) >= 11 is 1.48. The van der Waals surface area contributed by atoms with Gasteiger partial charge in [0.05, 0.1) is 10.5 Å². The molecule has 0 bridgehead atoms. The first kappa shape index (κ1) is 12.4. The lowest BCUT2D eigenvalue weighted by Crippen LogP contribution is -2.08. The summed E-state index contributed by atoms with van der Waals surface area (Å²) in [4.78, 5) is 23.5. The van der Waals surface area contributed by atoms with Crippen LogP contribution < -0.4 is 0 Å². The van der Waals surface area contributed by atoms with E-state index in [2.05, 4.69) is 0 Å². The predicted molar refractivity (Wildman–Crippen MR) is 70.2 cm³/mol. The average Bonchev–Trinajstić information content (AvgIpc) is 2.81. The van der Waals surface area contributed by atoms with E-state index in [9.17, 15) is 14.9 Å². The van der Waals surface area contributed by atoms with Crippen LogP contribution >= 0.6 is 11.3 Å². The third-order valence-electron chi connectivity index (χ3n) is 2.64. The van der Waals surface area contributed by atoms with Gasteiger partial charge in [-0.15, -0.1) is 11.3 Å². The molecule has 0 saturated heterocycles. The first-order valence-electron chi connectivity index (χ1n) is 5.39. The van der Waals surface area contributed by atoms with Crippen LogP contribution in [0.25, 0.3) is 0 Å². The third kappa shape index (κ3) is 2.46. The minimum Gasteiger partial charge on any atom is -0.293 e. The fourth-order valence-electron chi connectivity index (χ4n) is 1.83. The Morgan fingerprint density at radius 3 is 2.72 bits per heavy atom. The smallest absolute Gasteiger partial charge is 0.280 e. The van der Waals surface area contributed by atoms with Gasteiger partial charge < -0.3 is 0 Å². The van der Waals surface area contributed by atoms with Crippen LogP contribution in [-0.2, 0) is 6.42 Å². The van der Waals surface area contributed by atoms with E-state index in [0.717, 1.165) is 4.88 Å². The first-order chi connectivity index (χ1) is 8.59. The monoisotopic (exact) mass is 261 g/mol. The summed E-state index contributed by atoms with van der Waals surface area (Å²) in [5.74, 6) is -0.206. The molecule has 2 rings (SSSR count). The molecule has 0 spiro atoms. The number of nitro benzene ring substituents is 1. The number of Topliss-reactive ketones (excluding diaryl/α,β-unsaturated/α-hetero) is 1. The van der Waals surface area contributed by atoms with E-state index in [1.807, 2.05) is 17.5 Å². The number of ketones is 1. The van der Waals surface area contributed by atoms with Gasteiger partial charge in [-0.2, -0.15) is 0 Å². The maximum Gasteiger partial charge on any atom is 0.280 e. The molecule has 92 valence electrons. The summed E-state index contributed by atoms with van der Waals surface area (Å²) in [6, 6.07) is 8.39. The Balaban J connectivity index is 2.38. The quantitative estimate of drug-likeness (QED) is 0.481. The molecule has 0 atom stereocenters. The van der Waals surface area contributed by atoms with Crippen molar-refractivity contribution in [1.29, 1.82) is 0 Å². The number of hydrogen-bond donors (Lipinski definition) is 0. The second kappa shape index (κ2) is 5.10. The van der Waals surface area contributed by atoms with Gasteiger partial charge in [0.25, 0.3) is 5.69 Å². The molecule has 1 aromatic heterocycles. The maximum atomic E-state index is 12.2. The minimum absolute atomic E-state index is 0.114. The van der Waals surface area contributed by atoms with Crippen molar-refractivity contribution in [2.24, 2.45) is 0 Å². The van der Waals surface area contributed by atoms with Crippen LogP contribution in [0.1, 0.15) is 20.8 Å². The number of nitrogens with zero attached hydrogens (tertiary/aromatic N) is 1. The lowest BCUT2D eigenvalue weighted by molar-refractivity contribution is -0.385. The molecule has 0 radical (unpaired) electrons. The SMILES string of the molecule is Cc1cccc([N+](=O)[O-])c1C(=O)Cc1cccs1. The Labute approximate surface area is 108 Å². The van der Waals surface area contributed by atoms with Crippen LogP contribution in [0.4, 0.5) is 5.69 Å². The fourth-order valence-corrected chi connectivity index (χ4v) is 2.53. The summed E-state index contributed by atoms with van der Waals surface area (Å²) in [6.45, 7) is 1.72. The van der Waals surface area contributed by atoms with Gasteiger partial charge >= 0.3 is 0 Å². The van der Waals surface area contributed by atoms with Crippen molar-refractivity contribution < 1.29 is 9.72 Å². The van der Waals surface area contributed by atoms with Crippen molar-refractivity contribution >= 4 is 22.8 Å². The number of nitro groups is 1. The Kier molecular flexibility index (Phi) is 3.53. The van der Waals surface area contributed by atoms with Crippen LogP contribution in [0.2, 0.25) is 0 Å². The lowest BCUT2D eigenvalue weighted by atomic mass is 10.00. The van der Waals surface area contributed by atoms with E-state index in [1.54, 1.807) is 19.1 Å². The Morgan fingerprint density at radius 1 is 1.33 bits per heavy atom. The van der Waals surface area contributed by atoms with Gasteiger partial charge in [-0.05, 0) is 23.9 Å². The molecule has 18 heavy (non-hydrogen) atoms. The molecule has 5 heteroatoms. The van der Waals surface area contributed by atoms with Gasteiger partial charge in [0.15, 0.2) is 5.78 Å².